The van der Waals surface area contributed by atoms with Crippen LogP contribution in [0.15, 0.2) is 47.8 Å². The number of amides is 1. The van der Waals surface area contributed by atoms with Gasteiger partial charge in [-0.25, -0.2) is 5.06 Å². The van der Waals surface area contributed by atoms with E-state index in [2.05, 4.69) is 6.08 Å². The van der Waals surface area contributed by atoms with Crippen molar-refractivity contribution in [3.05, 3.63) is 47.8 Å². The van der Waals surface area contributed by atoms with Gasteiger partial charge in [0.2, 0.25) is 5.91 Å². The summed E-state index contributed by atoms with van der Waals surface area (Å²) in [6.45, 7) is 0.713. The number of rotatable bonds is 3. The van der Waals surface area contributed by atoms with Gasteiger partial charge >= 0.3 is 0 Å². The Balaban J connectivity index is 1.63. The molecule has 1 amide bonds. The molecule has 1 fully saturated rings. The largest absolute Gasteiger partial charge is 0.465 e. The minimum atomic E-state index is -0.0274. The molecule has 0 bridgehead atoms. The van der Waals surface area contributed by atoms with Crippen LogP contribution in [0, 0.1) is 0 Å². The highest BCUT2D eigenvalue weighted by molar-refractivity contribution is 5.76. The maximum Gasteiger partial charge on any atom is 0.248 e. The second-order valence-corrected chi connectivity index (χ2v) is 4.48. The molecule has 2 aliphatic heterocycles. The molecule has 0 aromatic heterocycles. The SMILES string of the molecule is O=C1CCON1CC1=COC=C(C2=CC=CCC2)O1. The van der Waals surface area contributed by atoms with Gasteiger partial charge in [-0.05, 0) is 18.4 Å². The lowest BCUT2D eigenvalue weighted by atomic mass is 10.0. The third-order valence-corrected chi connectivity index (χ3v) is 3.09. The van der Waals surface area contributed by atoms with Gasteiger partial charge in [-0.2, -0.15) is 0 Å². The van der Waals surface area contributed by atoms with Gasteiger partial charge in [0.25, 0.3) is 0 Å². The number of hydrogen-bond acceptors (Lipinski definition) is 4. The molecular weight excluding hydrogens is 246 g/mol. The molecule has 0 aromatic carbocycles. The number of ether oxygens (including phenoxy) is 2. The number of allylic oxidation sites excluding steroid dienone is 4. The molecule has 5 nitrogen and oxygen atoms in total. The van der Waals surface area contributed by atoms with Crippen molar-refractivity contribution in [3.8, 4) is 0 Å². The lowest BCUT2D eigenvalue weighted by Crippen LogP contribution is -2.27. The van der Waals surface area contributed by atoms with E-state index in [0.717, 1.165) is 18.4 Å². The smallest absolute Gasteiger partial charge is 0.248 e. The zero-order valence-corrected chi connectivity index (χ0v) is 10.5. The summed E-state index contributed by atoms with van der Waals surface area (Å²) in [7, 11) is 0. The van der Waals surface area contributed by atoms with E-state index in [1.165, 1.54) is 11.3 Å². The molecule has 0 aromatic rings. The Morgan fingerprint density at radius 2 is 2.21 bits per heavy atom. The first-order chi connectivity index (χ1) is 9.33. The molecule has 3 rings (SSSR count). The summed E-state index contributed by atoms with van der Waals surface area (Å²) in [4.78, 5) is 16.7. The second kappa shape index (κ2) is 5.32. The van der Waals surface area contributed by atoms with E-state index in [1.807, 2.05) is 12.2 Å². The van der Waals surface area contributed by atoms with Crippen molar-refractivity contribution in [2.75, 3.05) is 13.2 Å². The van der Waals surface area contributed by atoms with E-state index >= 15 is 0 Å². The first-order valence-corrected chi connectivity index (χ1v) is 6.35. The predicted molar refractivity (Wildman–Crippen MR) is 67.1 cm³/mol. The van der Waals surface area contributed by atoms with Crippen LogP contribution in [0.4, 0.5) is 0 Å². The number of nitrogens with zero attached hydrogens (tertiary/aromatic N) is 1. The summed E-state index contributed by atoms with van der Waals surface area (Å²) in [5.41, 5.74) is 1.10. The monoisotopic (exact) mass is 261 g/mol. The molecule has 0 saturated carbocycles. The zero-order valence-electron chi connectivity index (χ0n) is 10.5. The van der Waals surface area contributed by atoms with Crippen molar-refractivity contribution >= 4 is 5.91 Å². The normalized spacial score (nSPS) is 22.4. The molecule has 1 aliphatic carbocycles. The Hall–Kier alpha value is -2.01. The summed E-state index contributed by atoms with van der Waals surface area (Å²) >= 11 is 0. The van der Waals surface area contributed by atoms with Crippen molar-refractivity contribution in [3.63, 3.8) is 0 Å². The van der Waals surface area contributed by atoms with Crippen molar-refractivity contribution < 1.29 is 19.1 Å². The Morgan fingerprint density at radius 1 is 1.26 bits per heavy atom. The highest BCUT2D eigenvalue weighted by atomic mass is 16.7. The Morgan fingerprint density at radius 3 is 2.95 bits per heavy atom. The average Bonchev–Trinajstić information content (AvgIpc) is 2.86. The summed E-state index contributed by atoms with van der Waals surface area (Å²) in [6, 6.07) is 0. The van der Waals surface area contributed by atoms with Crippen LogP contribution in [0.3, 0.4) is 0 Å². The van der Waals surface area contributed by atoms with Gasteiger partial charge < -0.3 is 9.47 Å². The fourth-order valence-corrected chi connectivity index (χ4v) is 2.09. The van der Waals surface area contributed by atoms with Gasteiger partial charge in [0.1, 0.15) is 19.1 Å². The van der Waals surface area contributed by atoms with Gasteiger partial charge in [0.05, 0.1) is 13.0 Å². The number of carbonyl (C=O) groups excluding carboxylic acids is 1. The maximum absolute atomic E-state index is 11.5. The first-order valence-electron chi connectivity index (χ1n) is 6.35. The van der Waals surface area contributed by atoms with Crippen LogP contribution in [0.2, 0.25) is 0 Å². The lowest BCUT2D eigenvalue weighted by Gasteiger charge is -2.22. The summed E-state index contributed by atoms with van der Waals surface area (Å²) in [5, 5.41) is 1.31. The summed E-state index contributed by atoms with van der Waals surface area (Å²) < 4.78 is 11.0. The van der Waals surface area contributed by atoms with Crippen LogP contribution in [-0.4, -0.2) is 24.1 Å². The van der Waals surface area contributed by atoms with Crippen molar-refractivity contribution in [2.24, 2.45) is 0 Å². The molecule has 100 valence electrons. The molecule has 0 N–H and O–H groups in total. The van der Waals surface area contributed by atoms with Gasteiger partial charge in [-0.15, -0.1) is 0 Å². The van der Waals surface area contributed by atoms with E-state index in [4.69, 9.17) is 14.3 Å². The number of carbonyl (C=O) groups is 1. The van der Waals surface area contributed by atoms with Crippen LogP contribution in [0.25, 0.3) is 0 Å². The highest BCUT2D eigenvalue weighted by Gasteiger charge is 2.25. The molecule has 0 radical (unpaired) electrons. The van der Waals surface area contributed by atoms with Crippen molar-refractivity contribution in [1.29, 1.82) is 0 Å². The van der Waals surface area contributed by atoms with Gasteiger partial charge in [-0.1, -0.05) is 18.2 Å². The number of hydrogen-bond donors (Lipinski definition) is 0. The molecule has 0 unspecified atom stereocenters. The third-order valence-electron chi connectivity index (χ3n) is 3.09. The number of hydroxylamine groups is 2. The summed E-state index contributed by atoms with van der Waals surface area (Å²) in [5.74, 6) is 1.25. The maximum atomic E-state index is 11.5. The predicted octanol–water partition coefficient (Wildman–Crippen LogP) is 2.16. The molecular formula is C14H15NO4. The Kier molecular flexibility index (Phi) is 3.37. The highest BCUT2D eigenvalue weighted by Crippen LogP contribution is 2.26. The third kappa shape index (κ3) is 2.71. The minimum absolute atomic E-state index is 0.0274. The topological polar surface area (TPSA) is 48.0 Å². The molecule has 19 heavy (non-hydrogen) atoms. The molecule has 2 heterocycles. The van der Waals surface area contributed by atoms with E-state index in [-0.39, 0.29) is 12.5 Å². The molecule has 1 saturated heterocycles. The second-order valence-electron chi connectivity index (χ2n) is 4.48. The van der Waals surface area contributed by atoms with Crippen LogP contribution < -0.4 is 0 Å². The van der Waals surface area contributed by atoms with Gasteiger partial charge in [0.15, 0.2) is 11.5 Å². The zero-order chi connectivity index (χ0) is 13.1. The van der Waals surface area contributed by atoms with Gasteiger partial charge in [0, 0.05) is 0 Å². The van der Waals surface area contributed by atoms with E-state index < -0.39 is 0 Å². The quantitative estimate of drug-likeness (QED) is 0.781. The van der Waals surface area contributed by atoms with E-state index in [0.29, 0.717) is 24.5 Å². The van der Waals surface area contributed by atoms with Crippen molar-refractivity contribution in [1.82, 2.24) is 5.06 Å². The lowest BCUT2D eigenvalue weighted by molar-refractivity contribution is -0.161. The first kappa shape index (κ1) is 12.0. The van der Waals surface area contributed by atoms with Crippen LogP contribution in [0.1, 0.15) is 19.3 Å². The fraction of sp³-hybridized carbons (Fsp3) is 0.357. The molecule has 0 atom stereocenters. The average molecular weight is 261 g/mol. The van der Waals surface area contributed by atoms with Gasteiger partial charge in [-0.3, -0.25) is 9.63 Å². The molecule has 3 aliphatic rings. The summed E-state index contributed by atoms with van der Waals surface area (Å²) in [6.07, 6.45) is 11.6. The molecule has 5 heteroatoms. The Labute approximate surface area is 111 Å². The van der Waals surface area contributed by atoms with Crippen LogP contribution in [-0.2, 0) is 19.1 Å². The van der Waals surface area contributed by atoms with E-state index in [1.54, 1.807) is 6.26 Å². The van der Waals surface area contributed by atoms with Crippen molar-refractivity contribution in [2.45, 2.75) is 19.3 Å². The van der Waals surface area contributed by atoms with Crippen LogP contribution in [0.5, 0.6) is 0 Å². The molecule has 0 spiro atoms. The van der Waals surface area contributed by atoms with E-state index in [9.17, 15) is 4.79 Å². The van der Waals surface area contributed by atoms with Crippen LogP contribution >= 0.6 is 0 Å². The fourth-order valence-electron chi connectivity index (χ4n) is 2.09. The Bertz CT molecular complexity index is 502. The standard InChI is InChI=1S/C14H15NO4/c16-14-6-7-18-15(14)8-12-9-17-10-13(19-12)11-4-2-1-3-5-11/h1-2,4,9-10H,3,5-8H2. The minimum Gasteiger partial charge on any atom is -0.465 e.